The van der Waals surface area contributed by atoms with Gasteiger partial charge in [-0.25, -0.2) is 0 Å². The van der Waals surface area contributed by atoms with Crippen molar-refractivity contribution in [3.05, 3.63) is 11.6 Å². The summed E-state index contributed by atoms with van der Waals surface area (Å²) in [6.07, 6.45) is 8.12. The van der Waals surface area contributed by atoms with Gasteiger partial charge in [0, 0.05) is 12.3 Å². The highest BCUT2D eigenvalue weighted by Crippen LogP contribution is 2.63. The minimum Gasteiger partial charge on any atom is -0.393 e. The van der Waals surface area contributed by atoms with Crippen molar-refractivity contribution < 1.29 is 14.7 Å². The number of carbonyl (C=O) groups is 2. The first-order valence-corrected chi connectivity index (χ1v) is 9.33. The van der Waals surface area contributed by atoms with Crippen LogP contribution in [0.3, 0.4) is 0 Å². The highest BCUT2D eigenvalue weighted by molar-refractivity contribution is 5.91. The Morgan fingerprint density at radius 1 is 1.22 bits per heavy atom. The fourth-order valence-electron chi connectivity index (χ4n) is 6.93. The van der Waals surface area contributed by atoms with Crippen LogP contribution in [0.1, 0.15) is 58.8 Å². The van der Waals surface area contributed by atoms with Crippen molar-refractivity contribution in [2.45, 2.75) is 64.9 Å². The number of allylic oxidation sites excluding steroid dienone is 1. The van der Waals surface area contributed by atoms with Gasteiger partial charge in [0.1, 0.15) is 5.78 Å². The first kappa shape index (κ1) is 15.6. The van der Waals surface area contributed by atoms with E-state index in [1.54, 1.807) is 6.92 Å². The predicted molar refractivity (Wildman–Crippen MR) is 87.7 cm³/mol. The number of hydrogen-bond donors (Lipinski definition) is 1. The molecule has 0 aromatic carbocycles. The molecule has 1 N–H and O–H groups in total. The molecule has 3 saturated carbocycles. The molecular formula is C20H28O3. The molecule has 3 nitrogen and oxygen atoms in total. The highest BCUT2D eigenvalue weighted by atomic mass is 16.3. The molecule has 0 aromatic rings. The van der Waals surface area contributed by atoms with Crippen molar-refractivity contribution in [3.63, 3.8) is 0 Å². The molecule has 0 spiro atoms. The largest absolute Gasteiger partial charge is 0.393 e. The fourth-order valence-corrected chi connectivity index (χ4v) is 6.93. The number of hydrogen-bond acceptors (Lipinski definition) is 3. The van der Waals surface area contributed by atoms with E-state index >= 15 is 0 Å². The Kier molecular flexibility index (Phi) is 3.57. The zero-order valence-electron chi connectivity index (χ0n) is 14.3. The van der Waals surface area contributed by atoms with E-state index in [1.165, 1.54) is 5.57 Å². The van der Waals surface area contributed by atoms with Crippen LogP contribution in [-0.4, -0.2) is 22.8 Å². The van der Waals surface area contributed by atoms with Crippen molar-refractivity contribution in [2.24, 2.45) is 35.0 Å². The third-order valence-corrected chi connectivity index (χ3v) is 7.76. The summed E-state index contributed by atoms with van der Waals surface area (Å²) >= 11 is 0. The summed E-state index contributed by atoms with van der Waals surface area (Å²) < 4.78 is 0. The van der Waals surface area contributed by atoms with Gasteiger partial charge in [-0.1, -0.05) is 12.5 Å². The molecular weight excluding hydrogens is 288 g/mol. The first-order valence-electron chi connectivity index (χ1n) is 9.33. The van der Waals surface area contributed by atoms with E-state index in [1.807, 2.05) is 6.08 Å². The van der Waals surface area contributed by atoms with Crippen LogP contribution in [0.2, 0.25) is 0 Å². The van der Waals surface area contributed by atoms with Crippen molar-refractivity contribution in [1.82, 2.24) is 0 Å². The van der Waals surface area contributed by atoms with Gasteiger partial charge in [-0.05, 0) is 80.6 Å². The number of rotatable bonds is 1. The Hall–Kier alpha value is -0.960. The summed E-state index contributed by atoms with van der Waals surface area (Å²) in [6.45, 7) is 3.98. The van der Waals surface area contributed by atoms with Crippen LogP contribution in [0.4, 0.5) is 0 Å². The van der Waals surface area contributed by atoms with Crippen molar-refractivity contribution >= 4 is 11.6 Å². The Morgan fingerprint density at radius 3 is 2.74 bits per heavy atom. The summed E-state index contributed by atoms with van der Waals surface area (Å²) in [4.78, 5) is 23.8. The SMILES string of the molecule is CC(=O)C1CCC2C3CCC4=CC(=O)CCC4C3C(O)CC12C. The van der Waals surface area contributed by atoms with Gasteiger partial charge < -0.3 is 5.11 Å². The second-order valence-corrected chi connectivity index (χ2v) is 8.73. The molecule has 0 heterocycles. The normalized spacial score (nSPS) is 49.0. The monoisotopic (exact) mass is 316 g/mol. The molecule has 0 aliphatic heterocycles. The quantitative estimate of drug-likeness (QED) is 0.807. The van der Waals surface area contributed by atoms with Crippen molar-refractivity contribution in [2.75, 3.05) is 0 Å². The highest BCUT2D eigenvalue weighted by Gasteiger charge is 2.59. The van der Waals surface area contributed by atoms with E-state index in [4.69, 9.17) is 0 Å². The molecule has 7 atom stereocenters. The number of aliphatic hydroxyl groups is 1. The van der Waals surface area contributed by atoms with Gasteiger partial charge in [0.2, 0.25) is 0 Å². The van der Waals surface area contributed by atoms with Crippen LogP contribution in [0.5, 0.6) is 0 Å². The minimum atomic E-state index is -0.317. The number of carbonyl (C=O) groups excluding carboxylic acids is 2. The van der Waals surface area contributed by atoms with Crippen LogP contribution in [-0.2, 0) is 9.59 Å². The first-order chi connectivity index (χ1) is 10.9. The maximum Gasteiger partial charge on any atom is 0.155 e. The van der Waals surface area contributed by atoms with E-state index in [2.05, 4.69) is 6.92 Å². The van der Waals surface area contributed by atoms with Crippen LogP contribution < -0.4 is 0 Å². The van der Waals surface area contributed by atoms with E-state index in [0.29, 0.717) is 35.9 Å². The van der Waals surface area contributed by atoms with E-state index in [9.17, 15) is 14.7 Å². The Morgan fingerprint density at radius 2 is 2.00 bits per heavy atom. The third kappa shape index (κ3) is 2.19. The van der Waals surface area contributed by atoms with Crippen LogP contribution in [0, 0.1) is 35.0 Å². The molecule has 0 aromatic heterocycles. The molecule has 0 amide bonds. The summed E-state index contributed by atoms with van der Waals surface area (Å²) in [5, 5.41) is 11.0. The van der Waals surface area contributed by atoms with E-state index in [0.717, 1.165) is 38.5 Å². The molecule has 7 unspecified atom stereocenters. The maximum atomic E-state index is 12.1. The molecule has 3 heteroatoms. The summed E-state index contributed by atoms with van der Waals surface area (Å²) in [5.74, 6) is 2.53. The summed E-state index contributed by atoms with van der Waals surface area (Å²) in [5.41, 5.74) is 1.28. The third-order valence-electron chi connectivity index (χ3n) is 7.76. The molecule has 0 saturated heterocycles. The van der Waals surface area contributed by atoms with Gasteiger partial charge in [0.05, 0.1) is 6.10 Å². The van der Waals surface area contributed by atoms with Crippen molar-refractivity contribution in [3.8, 4) is 0 Å². The lowest BCUT2D eigenvalue weighted by Crippen LogP contribution is -2.53. The minimum absolute atomic E-state index is 0.0158. The second-order valence-electron chi connectivity index (χ2n) is 8.73. The fraction of sp³-hybridized carbons (Fsp3) is 0.800. The summed E-state index contributed by atoms with van der Waals surface area (Å²) in [7, 11) is 0. The molecule has 3 fully saturated rings. The zero-order chi connectivity index (χ0) is 16.4. The molecule has 23 heavy (non-hydrogen) atoms. The molecule has 0 radical (unpaired) electrons. The smallest absolute Gasteiger partial charge is 0.155 e. The standard InChI is InChI=1S/C20H28O3/c1-11(21)16-7-8-17-15-5-3-12-9-13(22)4-6-14(12)19(15)18(23)10-20(16,17)2/h9,14-19,23H,3-8,10H2,1-2H3. The van der Waals surface area contributed by atoms with Crippen molar-refractivity contribution in [1.29, 1.82) is 0 Å². The van der Waals surface area contributed by atoms with Crippen LogP contribution >= 0.6 is 0 Å². The lowest BCUT2D eigenvalue weighted by molar-refractivity contribution is -0.135. The van der Waals surface area contributed by atoms with E-state index < -0.39 is 0 Å². The topological polar surface area (TPSA) is 54.4 Å². The zero-order valence-corrected chi connectivity index (χ0v) is 14.3. The maximum absolute atomic E-state index is 12.1. The molecule has 4 aliphatic carbocycles. The number of aliphatic hydroxyl groups excluding tert-OH is 1. The lowest BCUT2D eigenvalue weighted by Gasteiger charge is -2.55. The Balaban J connectivity index is 1.67. The molecule has 0 bridgehead atoms. The molecule has 126 valence electrons. The van der Waals surface area contributed by atoms with Crippen LogP contribution in [0.15, 0.2) is 11.6 Å². The lowest BCUT2D eigenvalue weighted by atomic mass is 9.50. The van der Waals surface area contributed by atoms with Gasteiger partial charge in [0.15, 0.2) is 5.78 Å². The number of fused-ring (bicyclic) bond motifs is 5. The number of Topliss-reactive ketones (excluding diaryl/α,β-unsaturated/α-hetero) is 1. The van der Waals surface area contributed by atoms with Gasteiger partial charge in [-0.15, -0.1) is 0 Å². The average molecular weight is 316 g/mol. The van der Waals surface area contributed by atoms with Crippen LogP contribution in [0.25, 0.3) is 0 Å². The van der Waals surface area contributed by atoms with Gasteiger partial charge in [-0.3, -0.25) is 9.59 Å². The number of ketones is 2. The Labute approximate surface area is 138 Å². The van der Waals surface area contributed by atoms with Gasteiger partial charge in [0.25, 0.3) is 0 Å². The van der Waals surface area contributed by atoms with Gasteiger partial charge in [-0.2, -0.15) is 0 Å². The van der Waals surface area contributed by atoms with Gasteiger partial charge >= 0.3 is 0 Å². The second kappa shape index (κ2) is 5.27. The van der Waals surface area contributed by atoms with E-state index in [-0.39, 0.29) is 23.2 Å². The molecule has 4 rings (SSSR count). The average Bonchev–Trinajstić information content (AvgIpc) is 2.83. The Bertz CT molecular complexity index is 577. The summed E-state index contributed by atoms with van der Waals surface area (Å²) in [6, 6.07) is 0. The predicted octanol–water partition coefficient (Wildman–Crippen LogP) is 3.30. The molecule has 4 aliphatic rings.